The van der Waals surface area contributed by atoms with Gasteiger partial charge in [-0.1, -0.05) is 13.8 Å². The molecule has 1 aliphatic rings. The lowest BCUT2D eigenvalue weighted by Gasteiger charge is -2.35. The quantitative estimate of drug-likeness (QED) is 0.525. The highest BCUT2D eigenvalue weighted by Crippen LogP contribution is 2.27. The fraction of sp³-hybridized carbons (Fsp3) is 1.00. The van der Waals surface area contributed by atoms with Crippen LogP contribution in [0.1, 0.15) is 26.7 Å². The van der Waals surface area contributed by atoms with E-state index in [9.17, 15) is 5.11 Å². The van der Waals surface area contributed by atoms with Crippen molar-refractivity contribution in [1.82, 2.24) is 0 Å². The molecule has 0 bridgehead atoms. The molecule has 3 N–H and O–H groups in total. The minimum atomic E-state index is -0.177. The topological polar surface area (TPSA) is 46.2 Å². The van der Waals surface area contributed by atoms with Gasteiger partial charge in [0.25, 0.3) is 0 Å². The molecule has 0 radical (unpaired) electrons. The molecule has 0 aromatic carbocycles. The Morgan fingerprint density at radius 1 is 1.30 bits per heavy atom. The van der Waals surface area contributed by atoms with Crippen LogP contribution in [0.5, 0.6) is 0 Å². The summed E-state index contributed by atoms with van der Waals surface area (Å²) in [5.74, 6) is 0.721. The molecule has 4 atom stereocenters. The molecular formula is C8H17NO. The van der Waals surface area contributed by atoms with Crippen LogP contribution in [0.15, 0.2) is 0 Å². The van der Waals surface area contributed by atoms with Gasteiger partial charge in [-0.05, 0) is 24.7 Å². The lowest BCUT2D eigenvalue weighted by Crippen LogP contribution is -2.43. The van der Waals surface area contributed by atoms with Gasteiger partial charge in [-0.25, -0.2) is 0 Å². The van der Waals surface area contributed by atoms with Crippen molar-refractivity contribution in [1.29, 1.82) is 0 Å². The molecule has 1 saturated carbocycles. The predicted octanol–water partition coefficient (Wildman–Crippen LogP) is 0.741. The van der Waals surface area contributed by atoms with Crippen LogP contribution >= 0.6 is 0 Å². The van der Waals surface area contributed by atoms with E-state index in [0.717, 1.165) is 12.8 Å². The first-order valence-corrected chi connectivity index (χ1v) is 4.06. The normalized spacial score (nSPS) is 49.2. The van der Waals surface area contributed by atoms with Gasteiger partial charge in [-0.2, -0.15) is 0 Å². The summed E-state index contributed by atoms with van der Waals surface area (Å²) in [4.78, 5) is 0. The second-order valence-corrected chi connectivity index (χ2v) is 3.57. The van der Waals surface area contributed by atoms with E-state index in [2.05, 4.69) is 6.92 Å². The molecule has 0 amide bonds. The Morgan fingerprint density at radius 3 is 2.40 bits per heavy atom. The van der Waals surface area contributed by atoms with Gasteiger partial charge in [-0.15, -0.1) is 0 Å². The van der Waals surface area contributed by atoms with Crippen molar-refractivity contribution < 1.29 is 5.11 Å². The van der Waals surface area contributed by atoms with E-state index in [0.29, 0.717) is 5.92 Å². The average molecular weight is 143 g/mol. The highest BCUT2D eigenvalue weighted by atomic mass is 16.3. The second kappa shape index (κ2) is 2.89. The first kappa shape index (κ1) is 8.02. The Labute approximate surface area is 62.4 Å². The average Bonchev–Trinajstić information content (AvgIpc) is 1.93. The summed E-state index contributed by atoms with van der Waals surface area (Å²) in [6.45, 7) is 4.12. The molecule has 1 rings (SSSR count). The third kappa shape index (κ3) is 1.32. The van der Waals surface area contributed by atoms with Crippen LogP contribution in [0.4, 0.5) is 0 Å². The maximum atomic E-state index is 9.54. The van der Waals surface area contributed by atoms with Gasteiger partial charge >= 0.3 is 0 Å². The molecule has 0 spiro atoms. The molecule has 1 aliphatic carbocycles. The molecule has 0 heterocycles. The monoisotopic (exact) mass is 143 g/mol. The molecule has 0 aromatic rings. The minimum absolute atomic E-state index is 0.177. The van der Waals surface area contributed by atoms with Gasteiger partial charge in [0.15, 0.2) is 0 Å². The van der Waals surface area contributed by atoms with Crippen molar-refractivity contribution in [3.8, 4) is 0 Å². The summed E-state index contributed by atoms with van der Waals surface area (Å²) in [7, 11) is 0. The van der Waals surface area contributed by atoms with Gasteiger partial charge in [0.2, 0.25) is 0 Å². The Balaban J connectivity index is 2.52. The lowest BCUT2D eigenvalue weighted by atomic mass is 9.78. The zero-order valence-electron chi connectivity index (χ0n) is 6.75. The number of aliphatic hydroxyl groups is 1. The Bertz CT molecular complexity index is 102. The molecule has 4 unspecified atom stereocenters. The molecule has 2 heteroatoms. The van der Waals surface area contributed by atoms with Crippen LogP contribution < -0.4 is 5.73 Å². The van der Waals surface area contributed by atoms with Crippen molar-refractivity contribution in [3.05, 3.63) is 0 Å². The van der Waals surface area contributed by atoms with E-state index in [1.54, 1.807) is 0 Å². The van der Waals surface area contributed by atoms with Crippen LogP contribution in [0.2, 0.25) is 0 Å². The molecular weight excluding hydrogens is 126 g/mol. The smallest absolute Gasteiger partial charge is 0.0606 e. The lowest BCUT2D eigenvalue weighted by molar-refractivity contribution is 0.0227. The summed E-state index contributed by atoms with van der Waals surface area (Å²) in [6.07, 6.45) is 1.97. The van der Waals surface area contributed by atoms with Crippen molar-refractivity contribution in [3.63, 3.8) is 0 Å². The molecule has 2 nitrogen and oxygen atoms in total. The van der Waals surface area contributed by atoms with Crippen molar-refractivity contribution in [2.45, 2.75) is 38.8 Å². The maximum absolute atomic E-state index is 9.54. The van der Waals surface area contributed by atoms with Gasteiger partial charge in [0.1, 0.15) is 0 Å². The zero-order chi connectivity index (χ0) is 7.72. The molecule has 0 aliphatic heterocycles. The van der Waals surface area contributed by atoms with E-state index < -0.39 is 0 Å². The summed E-state index contributed by atoms with van der Waals surface area (Å²) < 4.78 is 0. The Kier molecular flexibility index (Phi) is 2.32. The summed E-state index contributed by atoms with van der Waals surface area (Å²) >= 11 is 0. The summed E-state index contributed by atoms with van der Waals surface area (Å²) in [5.41, 5.74) is 5.77. The second-order valence-electron chi connectivity index (χ2n) is 3.57. The van der Waals surface area contributed by atoms with E-state index in [1.165, 1.54) is 0 Å². The first-order valence-electron chi connectivity index (χ1n) is 4.06. The van der Waals surface area contributed by atoms with Crippen molar-refractivity contribution >= 4 is 0 Å². The highest BCUT2D eigenvalue weighted by molar-refractivity contribution is 4.84. The third-order valence-electron chi connectivity index (χ3n) is 2.75. The van der Waals surface area contributed by atoms with Gasteiger partial charge in [-0.3, -0.25) is 0 Å². The highest BCUT2D eigenvalue weighted by Gasteiger charge is 2.30. The molecule has 1 fully saturated rings. The van der Waals surface area contributed by atoms with Crippen molar-refractivity contribution in [2.24, 2.45) is 17.6 Å². The number of hydrogen-bond acceptors (Lipinski definition) is 2. The van der Waals surface area contributed by atoms with E-state index >= 15 is 0 Å². The SMILES string of the molecule is CC1CCC(N)C(C)C1O. The van der Waals surface area contributed by atoms with Crippen LogP contribution in [0.25, 0.3) is 0 Å². The predicted molar refractivity (Wildman–Crippen MR) is 41.5 cm³/mol. The van der Waals surface area contributed by atoms with E-state index in [4.69, 9.17) is 5.73 Å². The van der Waals surface area contributed by atoms with Crippen LogP contribution in [0.3, 0.4) is 0 Å². The van der Waals surface area contributed by atoms with Crippen LogP contribution in [-0.4, -0.2) is 17.3 Å². The number of rotatable bonds is 0. The third-order valence-corrected chi connectivity index (χ3v) is 2.75. The fourth-order valence-corrected chi connectivity index (χ4v) is 1.66. The Hall–Kier alpha value is -0.0800. The molecule has 10 heavy (non-hydrogen) atoms. The first-order chi connectivity index (χ1) is 4.63. The van der Waals surface area contributed by atoms with Gasteiger partial charge < -0.3 is 10.8 Å². The zero-order valence-corrected chi connectivity index (χ0v) is 6.75. The fourth-order valence-electron chi connectivity index (χ4n) is 1.66. The number of hydrogen-bond donors (Lipinski definition) is 2. The molecule has 0 saturated heterocycles. The standard InChI is InChI=1S/C8H17NO/c1-5-3-4-7(9)6(2)8(5)10/h5-8,10H,3-4,9H2,1-2H3. The van der Waals surface area contributed by atoms with Crippen LogP contribution in [0, 0.1) is 11.8 Å². The molecule has 60 valence electrons. The van der Waals surface area contributed by atoms with Gasteiger partial charge in [0.05, 0.1) is 6.10 Å². The van der Waals surface area contributed by atoms with Crippen molar-refractivity contribution in [2.75, 3.05) is 0 Å². The van der Waals surface area contributed by atoms with Crippen LogP contribution in [-0.2, 0) is 0 Å². The van der Waals surface area contributed by atoms with E-state index in [-0.39, 0.29) is 18.1 Å². The molecule has 0 aromatic heterocycles. The Morgan fingerprint density at radius 2 is 1.90 bits per heavy atom. The maximum Gasteiger partial charge on any atom is 0.0606 e. The minimum Gasteiger partial charge on any atom is -0.393 e. The summed E-state index contributed by atoms with van der Waals surface area (Å²) in [6, 6.07) is 0.214. The summed E-state index contributed by atoms with van der Waals surface area (Å²) in [5, 5.41) is 9.54. The van der Waals surface area contributed by atoms with Gasteiger partial charge in [0, 0.05) is 6.04 Å². The largest absolute Gasteiger partial charge is 0.393 e. The number of nitrogens with two attached hydrogens (primary N) is 1. The number of aliphatic hydroxyl groups excluding tert-OH is 1. The van der Waals surface area contributed by atoms with E-state index in [1.807, 2.05) is 6.92 Å².